The van der Waals surface area contributed by atoms with E-state index in [0.29, 0.717) is 11.3 Å². The van der Waals surface area contributed by atoms with Gasteiger partial charge in [-0.25, -0.2) is 9.48 Å². The van der Waals surface area contributed by atoms with E-state index in [9.17, 15) is 9.90 Å². The van der Waals surface area contributed by atoms with Gasteiger partial charge in [-0.2, -0.15) is 0 Å². The smallest absolute Gasteiger partial charge is 0.336 e. The second-order valence-electron chi connectivity index (χ2n) is 10.9. The van der Waals surface area contributed by atoms with E-state index in [1.807, 2.05) is 23.0 Å². The maximum absolute atomic E-state index is 11.4. The summed E-state index contributed by atoms with van der Waals surface area (Å²) >= 11 is 1.48. The number of aromatic carboxylic acids is 1. The van der Waals surface area contributed by atoms with Gasteiger partial charge in [-0.3, -0.25) is 0 Å². The van der Waals surface area contributed by atoms with Crippen LogP contribution >= 0.6 is 11.8 Å². The summed E-state index contributed by atoms with van der Waals surface area (Å²) in [6.07, 6.45) is 16.1. The van der Waals surface area contributed by atoms with Crippen molar-refractivity contribution in [2.45, 2.75) is 110 Å². The highest BCUT2D eigenvalue weighted by Crippen LogP contribution is 2.26. The fraction of sp³-hybridized carbons (Fsp3) is 0.633. The van der Waals surface area contributed by atoms with Crippen LogP contribution in [0.3, 0.4) is 0 Å². The normalized spacial score (nSPS) is 13.8. The molecule has 1 N–H and O–H groups in total. The molecule has 6 heteroatoms. The number of carbonyl (C=O) groups is 1. The molecule has 2 atom stereocenters. The number of rotatable bonds is 18. The van der Waals surface area contributed by atoms with Crippen molar-refractivity contribution in [2.24, 2.45) is 17.8 Å². The minimum Gasteiger partial charge on any atom is -0.478 e. The summed E-state index contributed by atoms with van der Waals surface area (Å²) in [6.45, 7) is 12.4. The van der Waals surface area contributed by atoms with Crippen LogP contribution in [-0.2, 0) is 12.3 Å². The van der Waals surface area contributed by atoms with E-state index in [1.165, 1.54) is 68.7 Å². The first kappa shape index (κ1) is 30.1. The molecule has 0 amide bonds. The number of hydrogen-bond donors (Lipinski definition) is 1. The van der Waals surface area contributed by atoms with Crippen molar-refractivity contribution in [1.82, 2.24) is 15.0 Å². The highest BCUT2D eigenvalue weighted by molar-refractivity contribution is 7.98. The van der Waals surface area contributed by atoms with Crippen LogP contribution in [0, 0.1) is 17.8 Å². The molecule has 2 unspecified atom stereocenters. The molecule has 2 rings (SSSR count). The van der Waals surface area contributed by atoms with Gasteiger partial charge in [-0.1, -0.05) is 102 Å². The van der Waals surface area contributed by atoms with Crippen LogP contribution in [0.5, 0.6) is 0 Å². The number of carboxylic acid groups (broad SMARTS) is 1. The Balaban J connectivity index is 1.62. The minimum atomic E-state index is -0.904. The molecular weight excluding hydrogens is 466 g/mol. The van der Waals surface area contributed by atoms with E-state index >= 15 is 0 Å². The third kappa shape index (κ3) is 12.2. The number of carboxylic acids is 1. The fourth-order valence-corrected chi connectivity index (χ4v) is 5.39. The van der Waals surface area contributed by atoms with Gasteiger partial charge in [0.25, 0.3) is 0 Å². The van der Waals surface area contributed by atoms with Crippen molar-refractivity contribution >= 4 is 17.7 Å². The van der Waals surface area contributed by atoms with E-state index in [4.69, 9.17) is 0 Å². The number of aromatic nitrogens is 3. The average Bonchev–Trinajstić information content (AvgIpc) is 3.29. The quantitative estimate of drug-likeness (QED) is 0.159. The van der Waals surface area contributed by atoms with E-state index < -0.39 is 5.97 Å². The van der Waals surface area contributed by atoms with Crippen molar-refractivity contribution in [2.75, 3.05) is 0 Å². The Bertz CT molecular complexity index is 938. The number of nitrogens with zero attached hydrogens (tertiary/aromatic N) is 3. The zero-order chi connectivity index (χ0) is 26.3. The molecule has 0 aliphatic rings. The fourth-order valence-electron chi connectivity index (χ4n) is 4.47. The highest BCUT2D eigenvalue weighted by atomic mass is 32.2. The molecular formula is C30H47N3O2S. The van der Waals surface area contributed by atoms with Crippen molar-refractivity contribution in [3.63, 3.8) is 0 Å². The molecule has 200 valence electrons. The highest BCUT2D eigenvalue weighted by Gasteiger charge is 2.11. The Morgan fingerprint density at radius 2 is 1.64 bits per heavy atom. The SMILES string of the molecule is C/C(=C\Cn1cc(CSc2ccccc2C(=O)O)nn1)CCCC(C)CCCC(C)CCCC(C)C. The van der Waals surface area contributed by atoms with Crippen LogP contribution in [-0.4, -0.2) is 26.1 Å². The average molecular weight is 514 g/mol. The predicted molar refractivity (Wildman–Crippen MR) is 151 cm³/mol. The first-order valence-electron chi connectivity index (χ1n) is 13.7. The summed E-state index contributed by atoms with van der Waals surface area (Å²) in [5.41, 5.74) is 2.59. The molecule has 0 aliphatic carbocycles. The summed E-state index contributed by atoms with van der Waals surface area (Å²) in [5.74, 6) is 2.21. The number of allylic oxidation sites excluding steroid dienone is 2. The molecule has 0 saturated carbocycles. The molecule has 0 fully saturated rings. The van der Waals surface area contributed by atoms with Gasteiger partial charge in [-0.15, -0.1) is 16.9 Å². The monoisotopic (exact) mass is 513 g/mol. The summed E-state index contributed by atoms with van der Waals surface area (Å²) in [7, 11) is 0. The van der Waals surface area contributed by atoms with Crippen molar-refractivity contribution in [1.29, 1.82) is 0 Å². The maximum Gasteiger partial charge on any atom is 0.336 e. The first-order valence-corrected chi connectivity index (χ1v) is 14.7. The zero-order valence-electron chi connectivity index (χ0n) is 23.1. The third-order valence-corrected chi connectivity index (χ3v) is 7.95. The van der Waals surface area contributed by atoms with E-state index in [0.717, 1.165) is 41.3 Å². The third-order valence-electron chi connectivity index (χ3n) is 6.85. The second kappa shape index (κ2) is 16.6. The number of hydrogen-bond acceptors (Lipinski definition) is 4. The van der Waals surface area contributed by atoms with Crippen LogP contribution in [0.25, 0.3) is 0 Å². The lowest BCUT2D eigenvalue weighted by Gasteiger charge is -2.15. The Morgan fingerprint density at radius 3 is 2.31 bits per heavy atom. The van der Waals surface area contributed by atoms with E-state index in [-0.39, 0.29) is 0 Å². The van der Waals surface area contributed by atoms with Gasteiger partial charge in [0.05, 0.1) is 17.8 Å². The van der Waals surface area contributed by atoms with E-state index in [1.54, 1.807) is 12.1 Å². The molecule has 1 heterocycles. The van der Waals surface area contributed by atoms with Crippen molar-refractivity contribution in [3.05, 3.63) is 53.4 Å². The second-order valence-corrected chi connectivity index (χ2v) is 11.9. The molecule has 36 heavy (non-hydrogen) atoms. The number of benzene rings is 1. The van der Waals surface area contributed by atoms with Gasteiger partial charge in [0, 0.05) is 16.8 Å². The maximum atomic E-state index is 11.4. The van der Waals surface area contributed by atoms with E-state index in [2.05, 4.69) is 51.0 Å². The molecule has 1 aromatic heterocycles. The van der Waals surface area contributed by atoms with Crippen LogP contribution in [0.1, 0.15) is 108 Å². The summed E-state index contributed by atoms with van der Waals surface area (Å²) < 4.78 is 1.85. The molecule has 0 bridgehead atoms. The van der Waals surface area contributed by atoms with Gasteiger partial charge < -0.3 is 5.11 Å². The summed E-state index contributed by atoms with van der Waals surface area (Å²) in [5, 5.41) is 17.8. The molecule has 0 radical (unpaired) electrons. The summed E-state index contributed by atoms with van der Waals surface area (Å²) in [6, 6.07) is 7.07. The Kier molecular flexibility index (Phi) is 13.9. The molecule has 1 aromatic carbocycles. The minimum absolute atomic E-state index is 0.328. The van der Waals surface area contributed by atoms with Crippen LogP contribution < -0.4 is 0 Å². The lowest BCUT2D eigenvalue weighted by atomic mass is 9.91. The van der Waals surface area contributed by atoms with Gasteiger partial charge in [0.15, 0.2) is 0 Å². The molecule has 0 saturated heterocycles. The van der Waals surface area contributed by atoms with Crippen molar-refractivity contribution in [3.8, 4) is 0 Å². The molecule has 0 aliphatic heterocycles. The molecule has 2 aromatic rings. The summed E-state index contributed by atoms with van der Waals surface area (Å²) in [4.78, 5) is 12.1. The molecule has 5 nitrogen and oxygen atoms in total. The van der Waals surface area contributed by atoms with Gasteiger partial charge >= 0.3 is 5.97 Å². The Hall–Kier alpha value is -2.08. The Morgan fingerprint density at radius 1 is 1.00 bits per heavy atom. The predicted octanol–water partition coefficient (Wildman–Crippen LogP) is 8.65. The van der Waals surface area contributed by atoms with Crippen LogP contribution in [0.4, 0.5) is 0 Å². The van der Waals surface area contributed by atoms with Gasteiger partial charge in [-0.05, 0) is 49.7 Å². The van der Waals surface area contributed by atoms with Crippen molar-refractivity contribution < 1.29 is 9.90 Å². The lowest BCUT2D eigenvalue weighted by Crippen LogP contribution is -2.00. The zero-order valence-corrected chi connectivity index (χ0v) is 23.9. The van der Waals surface area contributed by atoms with Crippen LogP contribution in [0.15, 0.2) is 47.0 Å². The molecule has 0 spiro atoms. The Labute approximate surface area is 223 Å². The van der Waals surface area contributed by atoms with Gasteiger partial charge in [0.2, 0.25) is 0 Å². The van der Waals surface area contributed by atoms with Gasteiger partial charge in [0.1, 0.15) is 0 Å². The topological polar surface area (TPSA) is 68.0 Å². The number of thioether (sulfide) groups is 1. The largest absolute Gasteiger partial charge is 0.478 e. The first-order chi connectivity index (χ1) is 17.2. The van der Waals surface area contributed by atoms with Crippen LogP contribution in [0.2, 0.25) is 0 Å². The standard InChI is InChI=1S/C30H47N3O2S/c1-23(2)11-8-12-24(3)13-9-14-25(4)15-10-16-26(5)19-20-33-21-27(31-32-33)22-36-29-18-7-6-17-28(29)30(34)35/h6-7,17-19,21,23-25H,8-16,20,22H2,1-5H3,(H,34,35)/b26-19+. The lowest BCUT2D eigenvalue weighted by molar-refractivity contribution is 0.0693.